The summed E-state index contributed by atoms with van der Waals surface area (Å²) in [5.41, 5.74) is 0. The van der Waals surface area contributed by atoms with Gasteiger partial charge < -0.3 is 5.32 Å². The first-order valence-electron chi connectivity index (χ1n) is 5.18. The van der Waals surface area contributed by atoms with Gasteiger partial charge in [-0.25, -0.2) is 0 Å². The molecule has 0 radical (unpaired) electrons. The molecular formula is C11H21NO2S. The SMILES string of the molecule is CC(=O)C(CC(C)C)NC(=O)C(C)(C)S. The second-order valence-electron chi connectivity index (χ2n) is 4.83. The van der Waals surface area contributed by atoms with E-state index in [4.69, 9.17) is 0 Å². The van der Waals surface area contributed by atoms with Crippen molar-refractivity contribution in [2.45, 2.75) is 51.8 Å². The van der Waals surface area contributed by atoms with Crippen LogP contribution < -0.4 is 5.32 Å². The highest BCUT2D eigenvalue weighted by Crippen LogP contribution is 2.13. The van der Waals surface area contributed by atoms with Gasteiger partial charge in [0.25, 0.3) is 0 Å². The lowest BCUT2D eigenvalue weighted by molar-refractivity contribution is -0.128. The number of nitrogens with one attached hydrogen (secondary N) is 1. The van der Waals surface area contributed by atoms with Crippen LogP contribution >= 0.6 is 12.6 Å². The van der Waals surface area contributed by atoms with Crippen molar-refractivity contribution in [1.29, 1.82) is 0 Å². The number of carbonyl (C=O) groups is 2. The summed E-state index contributed by atoms with van der Waals surface area (Å²) in [6.45, 7) is 8.96. The first kappa shape index (κ1) is 14.5. The molecule has 0 bridgehead atoms. The number of rotatable bonds is 5. The molecule has 0 saturated heterocycles. The van der Waals surface area contributed by atoms with Crippen LogP contribution in [-0.2, 0) is 9.59 Å². The number of hydrogen-bond donors (Lipinski definition) is 2. The highest BCUT2D eigenvalue weighted by molar-refractivity contribution is 7.82. The number of thiol groups is 1. The number of amides is 1. The summed E-state index contributed by atoms with van der Waals surface area (Å²) < 4.78 is -0.745. The Bertz CT molecular complexity index is 243. The third-order valence-electron chi connectivity index (χ3n) is 2.06. The second kappa shape index (κ2) is 5.54. The molecule has 3 nitrogen and oxygen atoms in total. The van der Waals surface area contributed by atoms with E-state index in [0.29, 0.717) is 12.3 Å². The van der Waals surface area contributed by atoms with Crippen LogP contribution in [0.4, 0.5) is 0 Å². The van der Waals surface area contributed by atoms with Crippen molar-refractivity contribution >= 4 is 24.3 Å². The van der Waals surface area contributed by atoms with E-state index in [1.54, 1.807) is 13.8 Å². The van der Waals surface area contributed by atoms with Crippen LogP contribution in [0.2, 0.25) is 0 Å². The lowest BCUT2D eigenvalue weighted by Crippen LogP contribution is -2.47. The van der Waals surface area contributed by atoms with E-state index in [1.807, 2.05) is 13.8 Å². The van der Waals surface area contributed by atoms with E-state index in [-0.39, 0.29) is 17.7 Å². The second-order valence-corrected chi connectivity index (χ2v) is 5.94. The predicted molar refractivity (Wildman–Crippen MR) is 65.1 cm³/mol. The molecule has 0 aliphatic heterocycles. The smallest absolute Gasteiger partial charge is 0.235 e. The zero-order chi connectivity index (χ0) is 12.2. The van der Waals surface area contributed by atoms with Crippen LogP contribution in [-0.4, -0.2) is 22.5 Å². The topological polar surface area (TPSA) is 46.2 Å². The maximum absolute atomic E-state index is 11.6. The molecule has 0 saturated carbocycles. The Kier molecular flexibility index (Phi) is 5.35. The zero-order valence-electron chi connectivity index (χ0n) is 10.1. The predicted octanol–water partition coefficient (Wildman–Crippen LogP) is 1.81. The first-order chi connectivity index (χ1) is 6.64. The van der Waals surface area contributed by atoms with Crippen molar-refractivity contribution in [3.05, 3.63) is 0 Å². The molecule has 0 aliphatic carbocycles. The van der Waals surface area contributed by atoms with Gasteiger partial charge in [-0.3, -0.25) is 9.59 Å². The monoisotopic (exact) mass is 231 g/mol. The Morgan fingerprint density at radius 1 is 1.33 bits per heavy atom. The summed E-state index contributed by atoms with van der Waals surface area (Å²) in [6.07, 6.45) is 0.672. The Hall–Kier alpha value is -0.510. The van der Waals surface area contributed by atoms with Crippen LogP contribution in [0.25, 0.3) is 0 Å². The summed E-state index contributed by atoms with van der Waals surface area (Å²) in [7, 11) is 0. The fourth-order valence-corrected chi connectivity index (χ4v) is 1.20. The number of carbonyl (C=O) groups excluding carboxylic acids is 2. The molecule has 0 aromatic rings. The molecule has 0 rings (SSSR count). The molecule has 0 spiro atoms. The summed E-state index contributed by atoms with van der Waals surface area (Å²) >= 11 is 4.16. The van der Waals surface area contributed by atoms with Crippen molar-refractivity contribution in [3.63, 3.8) is 0 Å². The molecule has 0 fully saturated rings. The molecule has 1 N–H and O–H groups in total. The summed E-state index contributed by atoms with van der Waals surface area (Å²) in [5.74, 6) is 0.170. The first-order valence-corrected chi connectivity index (χ1v) is 5.63. The highest BCUT2D eigenvalue weighted by atomic mass is 32.1. The number of Topliss-reactive ketones (excluding diaryl/α,β-unsaturated/α-hetero) is 1. The van der Waals surface area contributed by atoms with Gasteiger partial charge in [0.1, 0.15) is 0 Å². The Morgan fingerprint density at radius 2 is 1.80 bits per heavy atom. The van der Waals surface area contributed by atoms with Crippen molar-refractivity contribution in [2.75, 3.05) is 0 Å². The van der Waals surface area contributed by atoms with Gasteiger partial charge in [-0.15, -0.1) is 0 Å². The van der Waals surface area contributed by atoms with Crippen LogP contribution in [0, 0.1) is 5.92 Å². The van der Waals surface area contributed by atoms with Crippen LogP contribution in [0.15, 0.2) is 0 Å². The van der Waals surface area contributed by atoms with Gasteiger partial charge in [0.05, 0.1) is 10.8 Å². The lowest BCUT2D eigenvalue weighted by atomic mass is 10.00. The molecule has 0 aromatic heterocycles. The third kappa shape index (κ3) is 5.82. The van der Waals surface area contributed by atoms with Crippen molar-refractivity contribution in [1.82, 2.24) is 5.32 Å². The van der Waals surface area contributed by atoms with E-state index >= 15 is 0 Å². The molecule has 0 aliphatic rings. The normalized spacial score (nSPS) is 13.8. The minimum Gasteiger partial charge on any atom is -0.345 e. The van der Waals surface area contributed by atoms with E-state index in [2.05, 4.69) is 17.9 Å². The third-order valence-corrected chi connectivity index (χ3v) is 2.26. The van der Waals surface area contributed by atoms with Crippen molar-refractivity contribution < 1.29 is 9.59 Å². The van der Waals surface area contributed by atoms with Crippen LogP contribution in [0.3, 0.4) is 0 Å². The quantitative estimate of drug-likeness (QED) is 0.709. The Morgan fingerprint density at radius 3 is 2.07 bits per heavy atom. The zero-order valence-corrected chi connectivity index (χ0v) is 11.0. The fourth-order valence-electron chi connectivity index (χ4n) is 1.13. The molecule has 4 heteroatoms. The van der Waals surface area contributed by atoms with E-state index in [9.17, 15) is 9.59 Å². The van der Waals surface area contributed by atoms with Crippen molar-refractivity contribution in [3.8, 4) is 0 Å². The highest BCUT2D eigenvalue weighted by Gasteiger charge is 2.26. The summed E-state index contributed by atoms with van der Waals surface area (Å²) in [5, 5.41) is 2.72. The maximum Gasteiger partial charge on any atom is 0.235 e. The Balaban J connectivity index is 4.43. The van der Waals surface area contributed by atoms with Crippen molar-refractivity contribution in [2.24, 2.45) is 5.92 Å². The Labute approximate surface area is 97.4 Å². The number of ketones is 1. The fraction of sp³-hybridized carbons (Fsp3) is 0.818. The molecule has 88 valence electrons. The van der Waals surface area contributed by atoms with Crippen LogP contribution in [0.1, 0.15) is 41.0 Å². The summed E-state index contributed by atoms with van der Waals surface area (Å²) in [6, 6.07) is -0.385. The van der Waals surface area contributed by atoms with Gasteiger partial charge in [-0.1, -0.05) is 13.8 Å². The molecule has 1 atom stereocenters. The van der Waals surface area contributed by atoms with E-state index in [0.717, 1.165) is 0 Å². The maximum atomic E-state index is 11.6. The largest absolute Gasteiger partial charge is 0.345 e. The van der Waals surface area contributed by atoms with Crippen LogP contribution in [0.5, 0.6) is 0 Å². The average molecular weight is 231 g/mol. The van der Waals surface area contributed by atoms with Gasteiger partial charge in [0, 0.05) is 0 Å². The summed E-state index contributed by atoms with van der Waals surface area (Å²) in [4.78, 5) is 22.9. The molecule has 1 amide bonds. The lowest BCUT2D eigenvalue weighted by Gasteiger charge is -2.23. The van der Waals surface area contributed by atoms with Gasteiger partial charge in [-0.2, -0.15) is 12.6 Å². The molecular weight excluding hydrogens is 210 g/mol. The average Bonchev–Trinajstić information content (AvgIpc) is 1.99. The van der Waals surface area contributed by atoms with Gasteiger partial charge in [0.2, 0.25) is 5.91 Å². The van der Waals surface area contributed by atoms with E-state index < -0.39 is 4.75 Å². The van der Waals surface area contributed by atoms with Gasteiger partial charge in [0.15, 0.2) is 5.78 Å². The van der Waals surface area contributed by atoms with Gasteiger partial charge >= 0.3 is 0 Å². The molecule has 0 heterocycles. The number of hydrogen-bond acceptors (Lipinski definition) is 3. The molecule has 15 heavy (non-hydrogen) atoms. The van der Waals surface area contributed by atoms with E-state index in [1.165, 1.54) is 6.92 Å². The minimum atomic E-state index is -0.745. The molecule has 1 unspecified atom stereocenters. The molecule has 0 aromatic carbocycles. The standard InChI is InChI=1S/C11H21NO2S/c1-7(2)6-9(8(3)13)12-10(14)11(4,5)15/h7,9,15H,6H2,1-5H3,(H,12,14). The van der Waals surface area contributed by atoms with Gasteiger partial charge in [-0.05, 0) is 33.1 Å². The minimum absolute atomic E-state index is 0.00497.